The highest BCUT2D eigenvalue weighted by atomic mass is 14.8. The van der Waals surface area contributed by atoms with Gasteiger partial charge >= 0.3 is 0 Å². The second kappa shape index (κ2) is 20.3. The van der Waals surface area contributed by atoms with E-state index in [4.69, 9.17) is 0 Å². The normalized spacial score (nSPS) is 11.7. The summed E-state index contributed by atoms with van der Waals surface area (Å²) in [5.74, 6) is 3.23. The molecule has 0 radical (unpaired) electrons. The van der Waals surface area contributed by atoms with Crippen LogP contribution in [0.2, 0.25) is 0 Å². The lowest BCUT2D eigenvalue weighted by Crippen LogP contribution is -2.24. The number of pyridine rings is 2. The van der Waals surface area contributed by atoms with Gasteiger partial charge < -0.3 is 0 Å². The summed E-state index contributed by atoms with van der Waals surface area (Å²) in [6.07, 6.45) is 10.8. The Kier molecular flexibility index (Phi) is 18.1. The van der Waals surface area contributed by atoms with Crippen molar-refractivity contribution < 1.29 is 0 Å². The molecule has 0 spiro atoms. The minimum absolute atomic E-state index is 0.0663. The first-order valence-corrected chi connectivity index (χ1v) is 18.6. The number of nitrogens with zero attached hydrogens (tertiary/aromatic N) is 6. The van der Waals surface area contributed by atoms with Crippen molar-refractivity contribution in [1.82, 2.24) is 29.9 Å². The maximum absolute atomic E-state index is 4.45. The van der Waals surface area contributed by atoms with Gasteiger partial charge in [0.25, 0.3) is 0 Å². The zero-order valence-corrected chi connectivity index (χ0v) is 34.9. The Morgan fingerprint density at radius 1 is 0.400 bits per heavy atom. The van der Waals surface area contributed by atoms with E-state index in [1.54, 1.807) is 18.7 Å². The van der Waals surface area contributed by atoms with E-state index in [-0.39, 0.29) is 10.8 Å². The highest BCUT2D eigenvalue weighted by molar-refractivity contribution is 5.27. The van der Waals surface area contributed by atoms with Gasteiger partial charge in [0.05, 0.1) is 11.4 Å². The van der Waals surface area contributed by atoms with Crippen LogP contribution in [0.15, 0.2) is 61.6 Å². The Morgan fingerprint density at radius 2 is 0.740 bits per heavy atom. The Labute approximate surface area is 306 Å². The van der Waals surface area contributed by atoms with Crippen molar-refractivity contribution in [2.75, 3.05) is 0 Å². The van der Waals surface area contributed by atoms with Crippen LogP contribution in [0, 0.1) is 0 Å². The van der Waals surface area contributed by atoms with Gasteiger partial charge in [-0.1, -0.05) is 137 Å². The van der Waals surface area contributed by atoms with Crippen molar-refractivity contribution in [3.8, 4) is 0 Å². The summed E-state index contributed by atoms with van der Waals surface area (Å²) >= 11 is 0. The number of hydrogen-bond donors (Lipinski definition) is 0. The molecule has 0 saturated carbocycles. The van der Waals surface area contributed by atoms with Crippen LogP contribution < -0.4 is 0 Å². The molecular formula is C44H70N6. The van der Waals surface area contributed by atoms with E-state index in [9.17, 15) is 0 Å². The molecule has 0 fully saturated rings. The summed E-state index contributed by atoms with van der Waals surface area (Å²) in [6.45, 7) is 39.3. The van der Waals surface area contributed by atoms with E-state index >= 15 is 0 Å². The largest absolute Gasteiger partial charge is 0.261 e. The van der Waals surface area contributed by atoms with Crippen LogP contribution in [-0.4, -0.2) is 29.9 Å². The van der Waals surface area contributed by atoms with Gasteiger partial charge in [-0.25, -0.2) is 9.97 Å². The zero-order valence-electron chi connectivity index (χ0n) is 34.9. The molecule has 4 aromatic rings. The summed E-state index contributed by atoms with van der Waals surface area (Å²) in [6, 6.07) is 8.38. The molecule has 4 rings (SSSR count). The highest BCUT2D eigenvalue weighted by Gasteiger charge is 2.27. The van der Waals surface area contributed by atoms with Crippen molar-refractivity contribution in [3.05, 3.63) is 107 Å². The summed E-state index contributed by atoms with van der Waals surface area (Å²) in [7, 11) is 0. The van der Waals surface area contributed by atoms with Crippen LogP contribution in [0.4, 0.5) is 0 Å². The lowest BCUT2D eigenvalue weighted by molar-refractivity contribution is 0.498. The third-order valence-corrected chi connectivity index (χ3v) is 8.14. The fraction of sp³-hybridized carbons (Fsp3) is 0.591. The molecule has 4 heterocycles. The second-order valence-electron chi connectivity index (χ2n) is 17.0. The SMILES string of the molecule is CC(C)(C)c1nccnc1C(C)(C)C.CC(C)c1cccnc1C(C)C.CC(C)c1cccnc1C(C)C.CC(C)c1cncnc1C(C)C. The molecule has 6 heteroatoms. The average molecular weight is 683 g/mol. The minimum Gasteiger partial charge on any atom is -0.261 e. The van der Waals surface area contributed by atoms with Crippen molar-refractivity contribution in [2.24, 2.45) is 0 Å². The molecule has 0 aliphatic rings. The van der Waals surface area contributed by atoms with Crippen LogP contribution in [0.3, 0.4) is 0 Å². The van der Waals surface area contributed by atoms with E-state index in [2.05, 4.69) is 167 Å². The first-order valence-electron chi connectivity index (χ1n) is 18.6. The molecule has 0 atom stereocenters. The highest BCUT2D eigenvalue weighted by Crippen LogP contribution is 2.30. The lowest BCUT2D eigenvalue weighted by Gasteiger charge is -2.27. The van der Waals surface area contributed by atoms with Crippen LogP contribution in [0.25, 0.3) is 0 Å². The van der Waals surface area contributed by atoms with Crippen molar-refractivity contribution in [3.63, 3.8) is 0 Å². The Hall–Kier alpha value is -3.54. The third kappa shape index (κ3) is 14.4. The first kappa shape index (κ1) is 44.5. The monoisotopic (exact) mass is 683 g/mol. The van der Waals surface area contributed by atoms with E-state index in [1.807, 2.05) is 30.7 Å². The van der Waals surface area contributed by atoms with E-state index in [0.29, 0.717) is 35.5 Å². The van der Waals surface area contributed by atoms with Crippen molar-refractivity contribution in [1.29, 1.82) is 0 Å². The molecule has 0 aromatic carbocycles. The Bertz CT molecular complexity index is 1290. The summed E-state index contributed by atoms with van der Waals surface area (Å²) < 4.78 is 0. The summed E-state index contributed by atoms with van der Waals surface area (Å²) in [5, 5.41) is 0. The zero-order chi connectivity index (χ0) is 38.4. The molecule has 6 nitrogen and oxygen atoms in total. The van der Waals surface area contributed by atoms with E-state index < -0.39 is 0 Å². The molecule has 0 unspecified atom stereocenters. The van der Waals surface area contributed by atoms with Gasteiger partial charge in [0.15, 0.2) is 0 Å². The average Bonchev–Trinajstić information content (AvgIpc) is 3.04. The van der Waals surface area contributed by atoms with Gasteiger partial charge in [-0.05, 0) is 64.3 Å². The maximum atomic E-state index is 4.45. The third-order valence-electron chi connectivity index (χ3n) is 8.14. The quantitative estimate of drug-likeness (QED) is 0.201. The Morgan fingerprint density at radius 3 is 1.00 bits per heavy atom. The molecule has 0 bridgehead atoms. The minimum atomic E-state index is 0.0663. The van der Waals surface area contributed by atoms with Gasteiger partial charge in [0.1, 0.15) is 6.33 Å². The molecule has 0 saturated heterocycles. The fourth-order valence-electron chi connectivity index (χ4n) is 5.51. The standard InChI is InChI=1S/C12H20N2.2C11H17N.C10H16N2/c1-11(2,3)9-10(12(4,5)6)14-8-7-13-9;2*1-8(2)10-6-5-7-12-11(10)9(3)4;1-7(2)9-5-11-6-12-10(9)8(3)4/h7-8H,1-6H3;2*5-9H,1-4H3;5-8H,1-4H3. The van der Waals surface area contributed by atoms with Gasteiger partial charge in [0.2, 0.25) is 0 Å². The number of hydrogen-bond acceptors (Lipinski definition) is 6. The fourth-order valence-corrected chi connectivity index (χ4v) is 5.51. The van der Waals surface area contributed by atoms with Gasteiger partial charge in [0, 0.05) is 58.9 Å². The molecule has 0 N–H and O–H groups in total. The molecule has 0 aliphatic heterocycles. The molecule has 4 aromatic heterocycles. The predicted octanol–water partition coefficient (Wildman–Crippen LogP) is 12.5. The lowest BCUT2D eigenvalue weighted by atomic mass is 9.81. The van der Waals surface area contributed by atoms with Gasteiger partial charge in [-0.2, -0.15) is 0 Å². The van der Waals surface area contributed by atoms with Crippen LogP contribution in [-0.2, 0) is 10.8 Å². The number of rotatable bonds is 6. The smallest absolute Gasteiger partial charge is 0.115 e. The first-order chi connectivity index (χ1) is 23.1. The molecule has 0 aliphatic carbocycles. The summed E-state index contributed by atoms with van der Waals surface area (Å²) in [5.41, 5.74) is 10.0. The predicted molar refractivity (Wildman–Crippen MR) is 214 cm³/mol. The molecule has 50 heavy (non-hydrogen) atoms. The van der Waals surface area contributed by atoms with Gasteiger partial charge in [-0.15, -0.1) is 0 Å². The Balaban J connectivity index is 0.000000334. The maximum Gasteiger partial charge on any atom is 0.115 e. The molecule has 0 amide bonds. The van der Waals surface area contributed by atoms with Crippen LogP contribution >= 0.6 is 0 Å². The summed E-state index contributed by atoms with van der Waals surface area (Å²) in [4.78, 5) is 26.0. The molecule has 276 valence electrons. The topological polar surface area (TPSA) is 77.3 Å². The van der Waals surface area contributed by atoms with E-state index in [0.717, 1.165) is 11.4 Å². The van der Waals surface area contributed by atoms with E-state index in [1.165, 1.54) is 33.8 Å². The van der Waals surface area contributed by atoms with Crippen LogP contribution in [0.1, 0.15) is 205 Å². The second-order valence-corrected chi connectivity index (χ2v) is 17.0. The van der Waals surface area contributed by atoms with Crippen molar-refractivity contribution >= 4 is 0 Å². The molecular weight excluding hydrogens is 613 g/mol. The van der Waals surface area contributed by atoms with Crippen LogP contribution in [0.5, 0.6) is 0 Å². The van der Waals surface area contributed by atoms with Gasteiger partial charge in [-0.3, -0.25) is 19.9 Å². The number of aromatic nitrogens is 6. The van der Waals surface area contributed by atoms with Crippen molar-refractivity contribution in [2.45, 2.75) is 171 Å².